The van der Waals surface area contributed by atoms with Crippen LogP contribution in [0.25, 0.3) is 10.4 Å². The van der Waals surface area contributed by atoms with Crippen LogP contribution in [0.4, 0.5) is 4.39 Å². The number of thiophene rings is 1. The molecule has 0 radical (unpaired) electrons. The molecule has 86 valence electrons. The van der Waals surface area contributed by atoms with Crippen molar-refractivity contribution in [3.8, 4) is 10.4 Å². The lowest BCUT2D eigenvalue weighted by Crippen LogP contribution is -1.97. The van der Waals surface area contributed by atoms with Crippen LogP contribution < -0.4 is 0 Å². The number of carbonyl (C=O) groups is 2. The monoisotopic (exact) mass is 250 g/mol. The second kappa shape index (κ2) is 4.47. The maximum atomic E-state index is 13.6. The summed E-state index contributed by atoms with van der Waals surface area (Å²) in [5.74, 6) is -1.62. The molecule has 17 heavy (non-hydrogen) atoms. The number of hydrogen-bond acceptors (Lipinski definition) is 3. The number of aldehydes is 1. The molecule has 5 heteroatoms. The van der Waals surface area contributed by atoms with Gasteiger partial charge in [0, 0.05) is 10.4 Å². The van der Waals surface area contributed by atoms with Crippen molar-refractivity contribution in [2.24, 2.45) is 0 Å². The second-order valence-corrected chi connectivity index (χ2v) is 4.43. The zero-order chi connectivity index (χ0) is 12.4. The lowest BCUT2D eigenvalue weighted by atomic mass is 10.1. The van der Waals surface area contributed by atoms with E-state index in [0.717, 1.165) is 17.4 Å². The van der Waals surface area contributed by atoms with Gasteiger partial charge >= 0.3 is 5.97 Å². The smallest absolute Gasteiger partial charge is 0.335 e. The van der Waals surface area contributed by atoms with Crippen molar-refractivity contribution in [3.05, 3.63) is 46.6 Å². The third kappa shape index (κ3) is 2.24. The van der Waals surface area contributed by atoms with Crippen molar-refractivity contribution in [2.75, 3.05) is 0 Å². The Kier molecular flexibility index (Phi) is 3.01. The molecular weight excluding hydrogens is 243 g/mol. The van der Waals surface area contributed by atoms with Gasteiger partial charge in [0.25, 0.3) is 0 Å². The molecule has 2 aromatic rings. The Morgan fingerprint density at radius 2 is 2.06 bits per heavy atom. The minimum atomic E-state index is -1.11. The van der Waals surface area contributed by atoms with Crippen LogP contribution in [-0.4, -0.2) is 17.4 Å². The van der Waals surface area contributed by atoms with Crippen molar-refractivity contribution in [2.45, 2.75) is 0 Å². The van der Waals surface area contributed by atoms with E-state index in [4.69, 9.17) is 5.11 Å². The Morgan fingerprint density at radius 1 is 1.29 bits per heavy atom. The predicted octanol–water partition coefficient (Wildman–Crippen LogP) is 3.06. The molecule has 0 bridgehead atoms. The van der Waals surface area contributed by atoms with Crippen molar-refractivity contribution >= 4 is 23.6 Å². The summed E-state index contributed by atoms with van der Waals surface area (Å²) in [6, 6.07) is 6.74. The summed E-state index contributed by atoms with van der Waals surface area (Å²) in [4.78, 5) is 22.3. The van der Waals surface area contributed by atoms with Crippen molar-refractivity contribution < 1.29 is 19.1 Å². The molecule has 3 nitrogen and oxygen atoms in total. The highest BCUT2D eigenvalue weighted by Crippen LogP contribution is 2.30. The number of aromatic carboxylic acids is 1. The average molecular weight is 250 g/mol. The van der Waals surface area contributed by atoms with Crippen LogP contribution in [0.2, 0.25) is 0 Å². The van der Waals surface area contributed by atoms with Crippen molar-refractivity contribution in [1.29, 1.82) is 0 Å². The number of halogens is 1. The Morgan fingerprint density at radius 3 is 2.65 bits per heavy atom. The summed E-state index contributed by atoms with van der Waals surface area (Å²) in [5.41, 5.74) is 0.213. The highest BCUT2D eigenvalue weighted by molar-refractivity contribution is 7.17. The van der Waals surface area contributed by atoms with Crippen LogP contribution in [0.15, 0.2) is 30.3 Å². The number of carboxylic acids is 1. The first-order valence-electron chi connectivity index (χ1n) is 4.70. The van der Waals surface area contributed by atoms with Gasteiger partial charge in [0.1, 0.15) is 5.82 Å². The summed E-state index contributed by atoms with van der Waals surface area (Å²) in [7, 11) is 0. The standard InChI is InChI=1S/C12H7FO3S/c13-10-3-1-7(12(15)16)5-9(10)11-4-2-8(6-14)17-11/h1-6H,(H,15,16). The molecule has 0 aliphatic rings. The molecule has 1 N–H and O–H groups in total. The van der Waals surface area contributed by atoms with Crippen LogP contribution in [0.5, 0.6) is 0 Å². The Hall–Kier alpha value is -2.01. The van der Waals surface area contributed by atoms with E-state index in [1.165, 1.54) is 12.1 Å². The number of carboxylic acid groups (broad SMARTS) is 1. The maximum absolute atomic E-state index is 13.6. The Balaban J connectivity index is 2.53. The fraction of sp³-hybridized carbons (Fsp3) is 0. The minimum Gasteiger partial charge on any atom is -0.478 e. The average Bonchev–Trinajstić information content (AvgIpc) is 2.77. The van der Waals surface area contributed by atoms with Crippen LogP contribution in [0.3, 0.4) is 0 Å². The molecule has 0 saturated carbocycles. The molecule has 1 aromatic heterocycles. The number of rotatable bonds is 3. The van der Waals surface area contributed by atoms with Crippen LogP contribution >= 0.6 is 11.3 Å². The fourth-order valence-electron chi connectivity index (χ4n) is 1.41. The van der Waals surface area contributed by atoms with Crippen molar-refractivity contribution in [1.82, 2.24) is 0 Å². The molecule has 0 saturated heterocycles. The van der Waals surface area contributed by atoms with Gasteiger partial charge in [-0.2, -0.15) is 0 Å². The summed E-state index contributed by atoms with van der Waals surface area (Å²) < 4.78 is 13.6. The SMILES string of the molecule is O=Cc1ccc(-c2cc(C(=O)O)ccc2F)s1. The van der Waals surface area contributed by atoms with Gasteiger partial charge in [-0.3, -0.25) is 4.79 Å². The van der Waals surface area contributed by atoms with E-state index >= 15 is 0 Å². The van der Waals surface area contributed by atoms with Gasteiger partial charge in [0.05, 0.1) is 10.4 Å². The van der Waals surface area contributed by atoms with Gasteiger partial charge < -0.3 is 5.11 Å². The third-order valence-corrected chi connectivity index (χ3v) is 3.27. The van der Waals surface area contributed by atoms with Gasteiger partial charge in [-0.25, -0.2) is 9.18 Å². The van der Waals surface area contributed by atoms with Crippen LogP contribution in [-0.2, 0) is 0 Å². The zero-order valence-electron chi connectivity index (χ0n) is 8.51. The summed E-state index contributed by atoms with van der Waals surface area (Å²) in [6.45, 7) is 0. The first-order valence-corrected chi connectivity index (χ1v) is 5.51. The topological polar surface area (TPSA) is 54.4 Å². The zero-order valence-corrected chi connectivity index (χ0v) is 9.33. The molecule has 0 atom stereocenters. The van der Waals surface area contributed by atoms with E-state index < -0.39 is 11.8 Å². The largest absolute Gasteiger partial charge is 0.478 e. The highest BCUT2D eigenvalue weighted by atomic mass is 32.1. The number of carbonyl (C=O) groups excluding carboxylic acids is 1. The van der Waals surface area contributed by atoms with E-state index in [1.54, 1.807) is 12.1 Å². The van der Waals surface area contributed by atoms with E-state index in [0.29, 0.717) is 16.0 Å². The van der Waals surface area contributed by atoms with Crippen molar-refractivity contribution in [3.63, 3.8) is 0 Å². The second-order valence-electron chi connectivity index (χ2n) is 3.32. The van der Waals surface area contributed by atoms with E-state index in [9.17, 15) is 14.0 Å². The summed E-state index contributed by atoms with van der Waals surface area (Å²) >= 11 is 1.12. The Bertz CT molecular complexity index is 589. The maximum Gasteiger partial charge on any atom is 0.335 e. The number of hydrogen-bond donors (Lipinski definition) is 1. The lowest BCUT2D eigenvalue weighted by Gasteiger charge is -2.01. The summed E-state index contributed by atoms with van der Waals surface area (Å²) in [6.07, 6.45) is 0.674. The first-order chi connectivity index (χ1) is 8.11. The van der Waals surface area contributed by atoms with E-state index in [2.05, 4.69) is 0 Å². The highest BCUT2D eigenvalue weighted by Gasteiger charge is 2.11. The molecule has 0 spiro atoms. The van der Waals surface area contributed by atoms with Gasteiger partial charge in [-0.1, -0.05) is 0 Å². The molecule has 0 amide bonds. The number of benzene rings is 1. The van der Waals surface area contributed by atoms with Gasteiger partial charge in [-0.05, 0) is 30.3 Å². The van der Waals surface area contributed by atoms with Gasteiger partial charge in [-0.15, -0.1) is 11.3 Å². The van der Waals surface area contributed by atoms with Crippen LogP contribution in [0, 0.1) is 5.82 Å². The van der Waals surface area contributed by atoms with E-state index in [-0.39, 0.29) is 11.1 Å². The predicted molar refractivity (Wildman–Crippen MR) is 62.1 cm³/mol. The lowest BCUT2D eigenvalue weighted by molar-refractivity contribution is 0.0696. The fourth-order valence-corrected chi connectivity index (χ4v) is 2.25. The third-order valence-electron chi connectivity index (χ3n) is 2.22. The molecular formula is C12H7FO3S. The molecule has 0 aliphatic carbocycles. The van der Waals surface area contributed by atoms with Crippen LogP contribution in [0.1, 0.15) is 20.0 Å². The minimum absolute atomic E-state index is 0.0162. The molecule has 0 fully saturated rings. The molecule has 0 unspecified atom stereocenters. The van der Waals surface area contributed by atoms with E-state index in [1.807, 2.05) is 0 Å². The molecule has 1 heterocycles. The molecule has 2 rings (SSSR count). The Labute approximate surface area is 100 Å². The quantitative estimate of drug-likeness (QED) is 0.852. The molecule has 1 aromatic carbocycles. The molecule has 0 aliphatic heterocycles. The van der Waals surface area contributed by atoms with Gasteiger partial charge in [0.2, 0.25) is 0 Å². The summed E-state index contributed by atoms with van der Waals surface area (Å²) in [5, 5.41) is 8.82. The van der Waals surface area contributed by atoms with Gasteiger partial charge in [0.15, 0.2) is 6.29 Å². The first kappa shape index (κ1) is 11.5. The normalized spacial score (nSPS) is 10.2.